The largest absolute Gasteiger partial charge is 0.381 e. The molecule has 0 radical (unpaired) electrons. The van der Waals surface area contributed by atoms with Crippen molar-refractivity contribution in [1.29, 1.82) is 0 Å². The van der Waals surface area contributed by atoms with E-state index in [1.54, 1.807) is 5.57 Å². The van der Waals surface area contributed by atoms with Crippen molar-refractivity contribution in [1.82, 2.24) is 0 Å². The minimum absolute atomic E-state index is 0.466. The molecule has 0 unspecified atom stereocenters. The summed E-state index contributed by atoms with van der Waals surface area (Å²) in [5.41, 5.74) is 2.77. The van der Waals surface area contributed by atoms with E-state index in [1.165, 1.54) is 51.4 Å². The Morgan fingerprint density at radius 2 is 1.83 bits per heavy atom. The summed E-state index contributed by atoms with van der Waals surface area (Å²) >= 11 is 0. The lowest BCUT2D eigenvalue weighted by molar-refractivity contribution is -0.0559. The van der Waals surface area contributed by atoms with Crippen LogP contribution in [0.3, 0.4) is 0 Å². The molecule has 0 aromatic heterocycles. The van der Waals surface area contributed by atoms with Gasteiger partial charge in [0.1, 0.15) is 0 Å². The second-order valence-corrected chi connectivity index (χ2v) is 9.96. The number of hydrogen-bond acceptors (Lipinski definition) is 2. The Kier molecular flexibility index (Phi) is 3.53. The fraction of sp³-hybridized carbons (Fsp3) is 0.909. The van der Waals surface area contributed by atoms with Gasteiger partial charge in [-0.25, -0.2) is 0 Å². The lowest BCUT2D eigenvalue weighted by Gasteiger charge is -2.58. The maximum absolute atomic E-state index is 5.75. The maximum Gasteiger partial charge on any atom is 0.0843 e. The molecule has 134 valence electrons. The van der Waals surface area contributed by atoms with E-state index in [2.05, 4.69) is 19.9 Å². The first-order chi connectivity index (χ1) is 11.6. The highest BCUT2D eigenvalue weighted by molar-refractivity contribution is 5.25. The summed E-state index contributed by atoms with van der Waals surface area (Å²) in [6.07, 6.45) is 14.6. The molecule has 0 amide bonds. The van der Waals surface area contributed by atoms with Crippen LogP contribution in [0.1, 0.15) is 65.2 Å². The highest BCUT2D eigenvalue weighted by Gasteiger charge is 2.61. The van der Waals surface area contributed by atoms with Crippen molar-refractivity contribution in [2.24, 2.45) is 34.5 Å². The molecule has 4 aliphatic carbocycles. The summed E-state index contributed by atoms with van der Waals surface area (Å²) in [7, 11) is 1.89. The average Bonchev–Trinajstić information content (AvgIpc) is 3.35. The van der Waals surface area contributed by atoms with Gasteiger partial charge in [-0.3, -0.25) is 0 Å². The monoisotopic (exact) mass is 330 g/mol. The Morgan fingerprint density at radius 1 is 1.04 bits per heavy atom. The molecule has 0 N–H and O–H groups in total. The van der Waals surface area contributed by atoms with Crippen LogP contribution in [0.2, 0.25) is 0 Å². The fourth-order valence-electron chi connectivity index (χ4n) is 7.77. The average molecular weight is 331 g/mol. The molecular weight excluding hydrogens is 296 g/mol. The van der Waals surface area contributed by atoms with Gasteiger partial charge in [0.15, 0.2) is 0 Å². The van der Waals surface area contributed by atoms with Crippen LogP contribution in [-0.2, 0) is 9.47 Å². The molecule has 1 saturated heterocycles. The van der Waals surface area contributed by atoms with Crippen LogP contribution < -0.4 is 0 Å². The van der Waals surface area contributed by atoms with Crippen molar-refractivity contribution in [3.8, 4) is 0 Å². The standard InChI is InChI=1S/C22H34O2/c1-21-10-8-15(23-3)12-14(21)4-5-16-17-6-7-19(20-13-24-20)22(17,2)11-9-18(16)21/h4,15-20H,5-13H2,1-3H3/t15-,16-,17-,18-,19+,20-,21-,22-/m0/s1. The molecule has 0 aromatic carbocycles. The molecule has 2 heteroatoms. The third kappa shape index (κ3) is 2.08. The number of fused-ring (bicyclic) bond motifs is 5. The van der Waals surface area contributed by atoms with Crippen LogP contribution in [0.4, 0.5) is 0 Å². The molecule has 5 rings (SSSR count). The molecule has 2 nitrogen and oxygen atoms in total. The lowest BCUT2D eigenvalue weighted by atomic mass is 9.47. The minimum Gasteiger partial charge on any atom is -0.381 e. The number of methoxy groups -OCH3 is 1. The zero-order chi connectivity index (χ0) is 16.5. The Morgan fingerprint density at radius 3 is 2.58 bits per heavy atom. The fourth-order valence-corrected chi connectivity index (χ4v) is 7.77. The number of rotatable bonds is 2. The first kappa shape index (κ1) is 15.9. The predicted molar refractivity (Wildman–Crippen MR) is 95.7 cm³/mol. The molecule has 1 aliphatic heterocycles. The van der Waals surface area contributed by atoms with Gasteiger partial charge < -0.3 is 9.47 Å². The van der Waals surface area contributed by atoms with Gasteiger partial charge in [-0.05, 0) is 85.9 Å². The SMILES string of the molecule is CO[C@H]1CC[C@@]2(C)C(=CC[C@H]3[C@@H]4CC[C@H]([C@@H]5CO5)[C@@]4(C)CC[C@@H]32)C1. The molecule has 5 aliphatic rings. The van der Waals surface area contributed by atoms with Crippen molar-refractivity contribution < 1.29 is 9.47 Å². The summed E-state index contributed by atoms with van der Waals surface area (Å²) < 4.78 is 11.4. The quantitative estimate of drug-likeness (QED) is 0.526. The Bertz CT molecular complexity index is 550. The van der Waals surface area contributed by atoms with E-state index < -0.39 is 0 Å². The van der Waals surface area contributed by atoms with Crippen molar-refractivity contribution in [3.05, 3.63) is 11.6 Å². The van der Waals surface area contributed by atoms with Gasteiger partial charge in [0, 0.05) is 7.11 Å². The molecule has 3 saturated carbocycles. The zero-order valence-electron chi connectivity index (χ0n) is 15.7. The van der Waals surface area contributed by atoms with E-state index in [0.717, 1.165) is 30.3 Å². The first-order valence-corrected chi connectivity index (χ1v) is 10.4. The molecule has 0 aromatic rings. The normalized spacial score (nSPS) is 56.0. The highest BCUT2D eigenvalue weighted by Crippen LogP contribution is 2.67. The summed E-state index contributed by atoms with van der Waals surface area (Å²) in [6, 6.07) is 0. The Hall–Kier alpha value is -0.340. The second kappa shape index (κ2) is 5.33. The molecule has 8 atom stereocenters. The Balaban J connectivity index is 1.44. The Labute approximate surface area is 147 Å². The van der Waals surface area contributed by atoms with E-state index in [1.807, 2.05) is 7.11 Å². The molecule has 0 spiro atoms. The summed E-state index contributed by atoms with van der Waals surface area (Å²) in [5, 5.41) is 0. The molecule has 1 heterocycles. The summed E-state index contributed by atoms with van der Waals surface area (Å²) in [6.45, 7) is 6.26. The van der Waals surface area contributed by atoms with Crippen molar-refractivity contribution >= 4 is 0 Å². The molecule has 24 heavy (non-hydrogen) atoms. The molecule has 4 fully saturated rings. The van der Waals surface area contributed by atoms with Gasteiger partial charge in [-0.1, -0.05) is 25.5 Å². The van der Waals surface area contributed by atoms with Crippen LogP contribution in [-0.4, -0.2) is 25.9 Å². The van der Waals surface area contributed by atoms with E-state index in [9.17, 15) is 0 Å². The zero-order valence-corrected chi connectivity index (χ0v) is 15.7. The van der Waals surface area contributed by atoms with E-state index >= 15 is 0 Å². The second-order valence-electron chi connectivity index (χ2n) is 9.96. The lowest BCUT2D eigenvalue weighted by Crippen LogP contribution is -2.50. The first-order valence-electron chi connectivity index (χ1n) is 10.4. The molecule has 0 bridgehead atoms. The molecular formula is C22H34O2. The van der Waals surface area contributed by atoms with Gasteiger partial charge in [-0.2, -0.15) is 0 Å². The topological polar surface area (TPSA) is 21.8 Å². The number of ether oxygens (including phenoxy) is 2. The van der Waals surface area contributed by atoms with Crippen molar-refractivity contribution in [2.45, 2.75) is 77.4 Å². The van der Waals surface area contributed by atoms with Crippen LogP contribution >= 0.6 is 0 Å². The predicted octanol–water partition coefficient (Wildman–Crippen LogP) is 4.98. The van der Waals surface area contributed by atoms with Crippen molar-refractivity contribution in [2.75, 3.05) is 13.7 Å². The third-order valence-corrected chi connectivity index (χ3v) is 9.27. The number of hydrogen-bond donors (Lipinski definition) is 0. The smallest absolute Gasteiger partial charge is 0.0843 e. The maximum atomic E-state index is 5.75. The highest BCUT2D eigenvalue weighted by atomic mass is 16.6. The van der Waals surface area contributed by atoms with E-state index in [0.29, 0.717) is 23.0 Å². The van der Waals surface area contributed by atoms with Crippen LogP contribution in [0.5, 0.6) is 0 Å². The summed E-state index contributed by atoms with van der Waals surface area (Å²) in [4.78, 5) is 0. The van der Waals surface area contributed by atoms with Crippen molar-refractivity contribution in [3.63, 3.8) is 0 Å². The van der Waals surface area contributed by atoms with Gasteiger partial charge in [-0.15, -0.1) is 0 Å². The van der Waals surface area contributed by atoms with Gasteiger partial charge >= 0.3 is 0 Å². The van der Waals surface area contributed by atoms with Gasteiger partial charge in [0.25, 0.3) is 0 Å². The number of allylic oxidation sites excluding steroid dienone is 1. The van der Waals surface area contributed by atoms with E-state index in [4.69, 9.17) is 9.47 Å². The van der Waals surface area contributed by atoms with Gasteiger partial charge in [0.05, 0.1) is 18.8 Å². The number of epoxide rings is 1. The van der Waals surface area contributed by atoms with Gasteiger partial charge in [0.2, 0.25) is 0 Å². The van der Waals surface area contributed by atoms with Crippen LogP contribution in [0, 0.1) is 34.5 Å². The van der Waals surface area contributed by atoms with Crippen LogP contribution in [0.15, 0.2) is 11.6 Å². The van der Waals surface area contributed by atoms with Crippen LogP contribution in [0.25, 0.3) is 0 Å². The minimum atomic E-state index is 0.466. The summed E-state index contributed by atoms with van der Waals surface area (Å²) in [5.74, 6) is 3.65. The van der Waals surface area contributed by atoms with E-state index in [-0.39, 0.29) is 0 Å². The third-order valence-electron chi connectivity index (χ3n) is 9.27.